The third-order valence-electron chi connectivity index (χ3n) is 6.49. The molecular weight excluding hydrogens is 456 g/mol. The summed E-state index contributed by atoms with van der Waals surface area (Å²) in [7, 11) is 1.63. The number of methoxy groups -OCH3 is 1. The van der Waals surface area contributed by atoms with Gasteiger partial charge < -0.3 is 23.2 Å². The van der Waals surface area contributed by atoms with Crippen LogP contribution in [-0.2, 0) is 0 Å². The molecule has 1 aromatic carbocycles. The van der Waals surface area contributed by atoms with Gasteiger partial charge in [-0.05, 0) is 37.5 Å². The fraction of sp³-hybridized carbons (Fsp3) is 0.259. The number of hydrogen-bond donors (Lipinski definition) is 0. The first kappa shape index (κ1) is 21.9. The van der Waals surface area contributed by atoms with Gasteiger partial charge in [0.2, 0.25) is 5.95 Å². The number of anilines is 1. The third kappa shape index (κ3) is 3.96. The van der Waals surface area contributed by atoms with Gasteiger partial charge in [-0.2, -0.15) is 5.26 Å². The largest absolute Gasteiger partial charge is 0.496 e. The first-order chi connectivity index (χ1) is 17.6. The molecule has 9 nitrogen and oxygen atoms in total. The Kier molecular flexibility index (Phi) is 5.41. The molecule has 0 radical (unpaired) electrons. The van der Waals surface area contributed by atoms with Crippen LogP contribution in [0.15, 0.2) is 59.5 Å². The first-order valence-corrected chi connectivity index (χ1v) is 11.8. The monoisotopic (exact) mass is 480 g/mol. The van der Waals surface area contributed by atoms with Gasteiger partial charge in [0.15, 0.2) is 5.76 Å². The molecule has 1 aliphatic heterocycles. The van der Waals surface area contributed by atoms with Gasteiger partial charge in [0.1, 0.15) is 41.1 Å². The number of aryl methyl sites for hydroxylation is 1. The third-order valence-corrected chi connectivity index (χ3v) is 6.49. The predicted molar refractivity (Wildman–Crippen MR) is 134 cm³/mol. The summed E-state index contributed by atoms with van der Waals surface area (Å²) >= 11 is 0. The van der Waals surface area contributed by atoms with E-state index in [1.807, 2.05) is 47.1 Å². The number of imidazole rings is 1. The number of nitrogens with zero attached hydrogens (tertiary/aromatic N) is 6. The molecule has 1 fully saturated rings. The molecule has 6 rings (SSSR count). The molecule has 9 heteroatoms. The molecule has 0 saturated carbocycles. The minimum absolute atomic E-state index is 0.118. The predicted octanol–water partition coefficient (Wildman–Crippen LogP) is 4.77. The van der Waals surface area contributed by atoms with Gasteiger partial charge in [-0.15, -0.1) is 0 Å². The normalized spacial score (nSPS) is 15.5. The molecule has 5 heterocycles. The maximum Gasteiger partial charge on any atom is 0.225 e. The number of aromatic nitrogens is 4. The van der Waals surface area contributed by atoms with Gasteiger partial charge in [0, 0.05) is 31.1 Å². The highest BCUT2D eigenvalue weighted by Gasteiger charge is 2.28. The number of pyridine rings is 1. The van der Waals surface area contributed by atoms with Crippen molar-refractivity contribution < 1.29 is 13.9 Å². The lowest BCUT2D eigenvalue weighted by molar-refractivity contribution is 0.289. The fourth-order valence-corrected chi connectivity index (χ4v) is 4.65. The number of furan rings is 1. The molecule has 36 heavy (non-hydrogen) atoms. The summed E-state index contributed by atoms with van der Waals surface area (Å²) < 4.78 is 20.0. The molecule has 4 aromatic heterocycles. The van der Waals surface area contributed by atoms with Crippen molar-refractivity contribution in [3.8, 4) is 29.0 Å². The maximum atomic E-state index is 9.02. The Balaban J connectivity index is 1.29. The Morgan fingerprint density at radius 3 is 2.83 bits per heavy atom. The van der Waals surface area contributed by atoms with Crippen LogP contribution in [0.25, 0.3) is 28.1 Å². The molecule has 0 amide bonds. The highest BCUT2D eigenvalue weighted by molar-refractivity contribution is 5.89. The van der Waals surface area contributed by atoms with E-state index in [4.69, 9.17) is 24.1 Å². The van der Waals surface area contributed by atoms with E-state index in [-0.39, 0.29) is 6.04 Å². The van der Waals surface area contributed by atoms with Crippen LogP contribution in [-0.4, -0.2) is 45.7 Å². The van der Waals surface area contributed by atoms with E-state index < -0.39 is 0 Å². The van der Waals surface area contributed by atoms with Crippen molar-refractivity contribution in [2.24, 2.45) is 0 Å². The highest BCUT2D eigenvalue weighted by Crippen LogP contribution is 2.37. The summed E-state index contributed by atoms with van der Waals surface area (Å²) in [5, 5.41) is 9.88. The Hall–Kier alpha value is -4.58. The molecule has 5 aromatic rings. The zero-order valence-electron chi connectivity index (χ0n) is 20.0. The Labute approximate surface area is 207 Å². The lowest BCUT2D eigenvalue weighted by Crippen LogP contribution is -2.35. The van der Waals surface area contributed by atoms with Crippen LogP contribution in [0.5, 0.6) is 11.5 Å². The van der Waals surface area contributed by atoms with Gasteiger partial charge in [-0.3, -0.25) is 0 Å². The van der Waals surface area contributed by atoms with E-state index in [0.29, 0.717) is 41.0 Å². The summed E-state index contributed by atoms with van der Waals surface area (Å²) in [6.07, 6.45) is 9.10. The molecular formula is C27H24N6O3. The molecule has 0 spiro atoms. The Morgan fingerprint density at radius 2 is 2.03 bits per heavy atom. The number of ether oxygens (including phenoxy) is 2. The van der Waals surface area contributed by atoms with Crippen LogP contribution >= 0.6 is 0 Å². The molecule has 0 bridgehead atoms. The number of fused-ring (bicyclic) bond motifs is 2. The average molecular weight is 481 g/mol. The molecule has 180 valence electrons. The van der Waals surface area contributed by atoms with Gasteiger partial charge in [0.25, 0.3) is 0 Å². The van der Waals surface area contributed by atoms with Crippen LogP contribution in [0.1, 0.15) is 24.0 Å². The Bertz CT molecular complexity index is 1600. The second-order valence-corrected chi connectivity index (χ2v) is 8.93. The average Bonchev–Trinajstić information content (AvgIpc) is 3.64. The smallest absolute Gasteiger partial charge is 0.225 e. The van der Waals surface area contributed by atoms with Gasteiger partial charge in [0.05, 0.1) is 36.5 Å². The number of rotatable bonds is 6. The molecule has 0 unspecified atom stereocenters. The van der Waals surface area contributed by atoms with Gasteiger partial charge >= 0.3 is 0 Å². The minimum atomic E-state index is 0.118. The number of benzene rings is 1. The quantitative estimate of drug-likeness (QED) is 0.342. The van der Waals surface area contributed by atoms with E-state index in [1.165, 1.54) is 0 Å². The lowest BCUT2D eigenvalue weighted by atomic mass is 10.2. The summed E-state index contributed by atoms with van der Waals surface area (Å²) in [5.74, 6) is 2.62. The van der Waals surface area contributed by atoms with E-state index in [0.717, 1.165) is 41.7 Å². The maximum absolute atomic E-state index is 9.02. The van der Waals surface area contributed by atoms with Crippen molar-refractivity contribution in [1.82, 2.24) is 19.4 Å². The van der Waals surface area contributed by atoms with Crippen LogP contribution in [0.3, 0.4) is 0 Å². The van der Waals surface area contributed by atoms with Crippen molar-refractivity contribution in [1.29, 1.82) is 5.26 Å². The molecule has 0 aliphatic carbocycles. The molecule has 1 saturated heterocycles. The van der Waals surface area contributed by atoms with Crippen molar-refractivity contribution >= 4 is 22.6 Å². The van der Waals surface area contributed by atoms with Gasteiger partial charge in [-0.25, -0.2) is 15.0 Å². The molecule has 1 aliphatic rings. The molecule has 1 atom stereocenters. The minimum Gasteiger partial charge on any atom is -0.496 e. The van der Waals surface area contributed by atoms with E-state index in [2.05, 4.69) is 27.9 Å². The number of hydrogen-bond acceptors (Lipinski definition) is 8. The van der Waals surface area contributed by atoms with E-state index >= 15 is 0 Å². The van der Waals surface area contributed by atoms with Crippen molar-refractivity contribution in [3.63, 3.8) is 0 Å². The Morgan fingerprint density at radius 1 is 1.17 bits per heavy atom. The van der Waals surface area contributed by atoms with Gasteiger partial charge in [-0.1, -0.05) is 6.07 Å². The fourth-order valence-electron chi connectivity index (χ4n) is 4.65. The summed E-state index contributed by atoms with van der Waals surface area (Å²) in [6, 6.07) is 11.9. The highest BCUT2D eigenvalue weighted by atomic mass is 16.5. The standard InChI is InChI=1S/C27H24N6O3/c1-17-5-6-26-31-22(15-32(26)14-17)25-10-21-23(8-20(34-2)9-24(21)36-25)35-16-19-4-3-7-33(19)27-29-12-18(11-28)13-30-27/h5-6,8-10,12-15,19H,3-4,7,16H2,1-2H3/t19-/m0/s1. The van der Waals surface area contributed by atoms with Crippen molar-refractivity contribution in [2.75, 3.05) is 25.2 Å². The second kappa shape index (κ2) is 8.89. The van der Waals surface area contributed by atoms with Crippen LogP contribution in [0.2, 0.25) is 0 Å². The van der Waals surface area contributed by atoms with E-state index in [1.54, 1.807) is 19.5 Å². The first-order valence-electron chi connectivity index (χ1n) is 11.8. The summed E-state index contributed by atoms with van der Waals surface area (Å²) in [5.41, 5.74) is 3.88. The van der Waals surface area contributed by atoms with Crippen molar-refractivity contribution in [2.45, 2.75) is 25.8 Å². The topological polar surface area (TPSA) is 102 Å². The van der Waals surface area contributed by atoms with Crippen molar-refractivity contribution in [3.05, 3.63) is 66.2 Å². The summed E-state index contributed by atoms with van der Waals surface area (Å²) in [4.78, 5) is 15.6. The van der Waals surface area contributed by atoms with Crippen LogP contribution < -0.4 is 14.4 Å². The zero-order chi connectivity index (χ0) is 24.6. The zero-order valence-corrected chi connectivity index (χ0v) is 20.0. The SMILES string of the molecule is COc1cc(OC[C@@H]2CCCN2c2ncc(C#N)cn2)c2cc(-c3cn4cc(C)ccc4n3)oc2c1. The van der Waals surface area contributed by atoms with Crippen LogP contribution in [0.4, 0.5) is 5.95 Å². The lowest BCUT2D eigenvalue weighted by Gasteiger charge is -2.24. The van der Waals surface area contributed by atoms with E-state index in [9.17, 15) is 0 Å². The second-order valence-electron chi connectivity index (χ2n) is 8.93. The summed E-state index contributed by atoms with van der Waals surface area (Å²) in [6.45, 7) is 3.35. The van der Waals surface area contributed by atoms with Crippen LogP contribution in [0, 0.1) is 18.3 Å². The number of nitriles is 1. The molecule has 0 N–H and O–H groups in total.